The standard InChI is InChI=1S/C8H16ClN/c1-7-3-5-8(2,10-9)6-4-7/h7,10H,3-6H2,1-2H3. The summed E-state index contributed by atoms with van der Waals surface area (Å²) in [5.41, 5.74) is 0.216. The largest absolute Gasteiger partial charge is 0.228 e. The van der Waals surface area contributed by atoms with Crippen LogP contribution < -0.4 is 4.84 Å². The first-order valence-electron chi connectivity index (χ1n) is 4.04. The Morgan fingerprint density at radius 2 is 1.90 bits per heavy atom. The zero-order valence-electron chi connectivity index (χ0n) is 6.78. The van der Waals surface area contributed by atoms with Crippen LogP contribution in [0.3, 0.4) is 0 Å². The van der Waals surface area contributed by atoms with Gasteiger partial charge < -0.3 is 0 Å². The highest BCUT2D eigenvalue weighted by Crippen LogP contribution is 2.31. The van der Waals surface area contributed by atoms with Gasteiger partial charge in [-0.2, -0.15) is 0 Å². The Labute approximate surface area is 68.3 Å². The summed E-state index contributed by atoms with van der Waals surface area (Å²) < 4.78 is 0. The summed E-state index contributed by atoms with van der Waals surface area (Å²) in [4.78, 5) is 2.87. The highest BCUT2D eigenvalue weighted by atomic mass is 35.5. The molecule has 0 aromatic heterocycles. The van der Waals surface area contributed by atoms with Crippen LogP contribution in [0, 0.1) is 5.92 Å². The fourth-order valence-electron chi connectivity index (χ4n) is 1.49. The highest BCUT2D eigenvalue weighted by Gasteiger charge is 2.28. The second kappa shape index (κ2) is 3.10. The van der Waals surface area contributed by atoms with Gasteiger partial charge >= 0.3 is 0 Å². The van der Waals surface area contributed by atoms with E-state index in [9.17, 15) is 0 Å². The van der Waals surface area contributed by atoms with Gasteiger partial charge in [0.1, 0.15) is 0 Å². The Morgan fingerprint density at radius 3 is 2.30 bits per heavy atom. The minimum Gasteiger partial charge on any atom is -0.228 e. The van der Waals surface area contributed by atoms with E-state index in [4.69, 9.17) is 11.8 Å². The van der Waals surface area contributed by atoms with Gasteiger partial charge in [0, 0.05) is 5.54 Å². The summed E-state index contributed by atoms with van der Waals surface area (Å²) in [6.07, 6.45) is 5.07. The molecule has 1 aliphatic carbocycles. The number of nitrogens with one attached hydrogen (secondary N) is 1. The number of halogens is 1. The summed E-state index contributed by atoms with van der Waals surface area (Å²) in [6.45, 7) is 4.51. The Hall–Kier alpha value is 0.250. The molecular formula is C8H16ClN. The van der Waals surface area contributed by atoms with Gasteiger partial charge in [-0.1, -0.05) is 6.92 Å². The molecule has 2 heteroatoms. The molecule has 1 fully saturated rings. The van der Waals surface area contributed by atoms with Crippen LogP contribution in [0.2, 0.25) is 0 Å². The molecular weight excluding hydrogens is 146 g/mol. The fourth-order valence-corrected chi connectivity index (χ4v) is 1.68. The van der Waals surface area contributed by atoms with Gasteiger partial charge in [0.2, 0.25) is 0 Å². The Balaban J connectivity index is 2.38. The Bertz CT molecular complexity index is 106. The lowest BCUT2D eigenvalue weighted by Gasteiger charge is -2.34. The van der Waals surface area contributed by atoms with Crippen molar-refractivity contribution in [1.82, 2.24) is 4.84 Å². The maximum absolute atomic E-state index is 5.62. The average Bonchev–Trinajstić information content (AvgIpc) is 1.96. The Kier molecular flexibility index (Phi) is 2.59. The molecule has 60 valence electrons. The second-order valence-corrected chi connectivity index (χ2v) is 4.03. The van der Waals surface area contributed by atoms with Crippen molar-refractivity contribution >= 4 is 11.8 Å². The molecule has 0 atom stereocenters. The summed E-state index contributed by atoms with van der Waals surface area (Å²) in [7, 11) is 0. The normalized spacial score (nSPS) is 41.7. The Morgan fingerprint density at radius 1 is 1.40 bits per heavy atom. The van der Waals surface area contributed by atoms with Gasteiger partial charge in [-0.15, -0.1) is 0 Å². The molecule has 0 spiro atoms. The quantitative estimate of drug-likeness (QED) is 0.584. The van der Waals surface area contributed by atoms with E-state index in [0.29, 0.717) is 0 Å². The van der Waals surface area contributed by atoms with Crippen molar-refractivity contribution in [3.05, 3.63) is 0 Å². The molecule has 1 nitrogen and oxygen atoms in total. The van der Waals surface area contributed by atoms with Crippen molar-refractivity contribution in [2.24, 2.45) is 5.92 Å². The zero-order chi connectivity index (χ0) is 7.61. The number of hydrogen-bond acceptors (Lipinski definition) is 1. The number of hydrogen-bond donors (Lipinski definition) is 1. The minimum absolute atomic E-state index is 0.216. The molecule has 0 aromatic rings. The average molecular weight is 162 g/mol. The van der Waals surface area contributed by atoms with Crippen LogP contribution in [-0.4, -0.2) is 5.54 Å². The molecule has 1 aliphatic rings. The first kappa shape index (κ1) is 8.35. The third-order valence-electron chi connectivity index (χ3n) is 2.61. The van der Waals surface area contributed by atoms with Crippen LogP contribution >= 0.6 is 11.8 Å². The van der Waals surface area contributed by atoms with Gasteiger partial charge in [0.05, 0.1) is 0 Å². The summed E-state index contributed by atoms with van der Waals surface area (Å²) in [5.74, 6) is 0.901. The molecule has 10 heavy (non-hydrogen) atoms. The lowest BCUT2D eigenvalue weighted by atomic mass is 9.79. The van der Waals surface area contributed by atoms with E-state index in [1.165, 1.54) is 25.7 Å². The molecule has 0 unspecified atom stereocenters. The van der Waals surface area contributed by atoms with E-state index in [0.717, 1.165) is 5.92 Å². The monoisotopic (exact) mass is 161 g/mol. The molecule has 0 bridgehead atoms. The zero-order valence-corrected chi connectivity index (χ0v) is 7.54. The van der Waals surface area contributed by atoms with E-state index in [-0.39, 0.29) is 5.54 Å². The first-order valence-corrected chi connectivity index (χ1v) is 4.42. The highest BCUT2D eigenvalue weighted by molar-refractivity contribution is 6.13. The van der Waals surface area contributed by atoms with Gasteiger partial charge in [0.25, 0.3) is 0 Å². The van der Waals surface area contributed by atoms with Crippen LogP contribution in [0.4, 0.5) is 0 Å². The van der Waals surface area contributed by atoms with Crippen molar-refractivity contribution in [1.29, 1.82) is 0 Å². The third-order valence-corrected chi connectivity index (χ3v) is 3.06. The topological polar surface area (TPSA) is 12.0 Å². The van der Waals surface area contributed by atoms with Crippen LogP contribution in [-0.2, 0) is 0 Å². The maximum atomic E-state index is 5.62. The van der Waals surface area contributed by atoms with E-state index in [1.807, 2.05) is 0 Å². The molecule has 1 N–H and O–H groups in total. The molecule has 1 saturated carbocycles. The molecule has 0 aliphatic heterocycles. The third kappa shape index (κ3) is 1.86. The van der Waals surface area contributed by atoms with E-state index in [1.54, 1.807) is 0 Å². The van der Waals surface area contributed by atoms with Crippen molar-refractivity contribution in [3.8, 4) is 0 Å². The predicted octanol–water partition coefficient (Wildman–Crippen LogP) is 2.70. The van der Waals surface area contributed by atoms with Crippen molar-refractivity contribution in [2.45, 2.75) is 45.1 Å². The van der Waals surface area contributed by atoms with Gasteiger partial charge in [-0.05, 0) is 50.3 Å². The summed E-state index contributed by atoms with van der Waals surface area (Å²) in [6, 6.07) is 0. The van der Waals surface area contributed by atoms with Crippen LogP contribution in [0.25, 0.3) is 0 Å². The van der Waals surface area contributed by atoms with Crippen molar-refractivity contribution in [2.75, 3.05) is 0 Å². The summed E-state index contributed by atoms with van der Waals surface area (Å²) in [5, 5.41) is 0. The van der Waals surface area contributed by atoms with E-state index in [2.05, 4.69) is 18.7 Å². The van der Waals surface area contributed by atoms with Gasteiger partial charge in [-0.3, -0.25) is 0 Å². The predicted molar refractivity (Wildman–Crippen MR) is 45.0 cm³/mol. The molecule has 0 aromatic carbocycles. The van der Waals surface area contributed by atoms with E-state index >= 15 is 0 Å². The van der Waals surface area contributed by atoms with Crippen molar-refractivity contribution in [3.63, 3.8) is 0 Å². The SMILES string of the molecule is CC1CCC(C)(NCl)CC1. The summed E-state index contributed by atoms with van der Waals surface area (Å²) >= 11 is 5.62. The lowest BCUT2D eigenvalue weighted by molar-refractivity contribution is 0.246. The van der Waals surface area contributed by atoms with Crippen molar-refractivity contribution < 1.29 is 0 Å². The fraction of sp³-hybridized carbons (Fsp3) is 1.00. The van der Waals surface area contributed by atoms with Crippen LogP contribution in [0.5, 0.6) is 0 Å². The maximum Gasteiger partial charge on any atom is 0.0303 e. The van der Waals surface area contributed by atoms with Gasteiger partial charge in [-0.25, -0.2) is 4.84 Å². The molecule has 0 radical (unpaired) electrons. The minimum atomic E-state index is 0.216. The smallest absolute Gasteiger partial charge is 0.0303 e. The second-order valence-electron chi connectivity index (χ2n) is 3.84. The molecule has 0 saturated heterocycles. The van der Waals surface area contributed by atoms with Crippen LogP contribution in [0.15, 0.2) is 0 Å². The molecule has 0 amide bonds. The van der Waals surface area contributed by atoms with Gasteiger partial charge in [0.15, 0.2) is 0 Å². The molecule has 1 rings (SSSR count). The van der Waals surface area contributed by atoms with Crippen LogP contribution in [0.1, 0.15) is 39.5 Å². The molecule has 0 heterocycles. The van der Waals surface area contributed by atoms with E-state index < -0.39 is 0 Å². The lowest BCUT2D eigenvalue weighted by Crippen LogP contribution is -2.39. The number of rotatable bonds is 1. The first-order chi connectivity index (χ1) is 4.66.